The van der Waals surface area contributed by atoms with Crippen LogP contribution in [0.1, 0.15) is 40.0 Å². The molecule has 2 unspecified atom stereocenters. The van der Waals surface area contributed by atoms with E-state index in [9.17, 15) is 0 Å². The predicted molar refractivity (Wildman–Crippen MR) is 50.5 cm³/mol. The Morgan fingerprint density at radius 2 is 1.82 bits per heavy atom. The van der Waals surface area contributed by atoms with Crippen LogP contribution in [0.15, 0.2) is 12.2 Å². The van der Waals surface area contributed by atoms with Crippen LogP contribution in [0.4, 0.5) is 0 Å². The van der Waals surface area contributed by atoms with Gasteiger partial charge in [0, 0.05) is 0 Å². The number of unbranched alkanes of at least 4 members (excludes halogenated alkanes) is 1. The monoisotopic (exact) mass is 152 g/mol. The Balaban J connectivity index is 1.97. The summed E-state index contributed by atoms with van der Waals surface area (Å²) in [5, 5.41) is 0. The first-order valence-corrected chi connectivity index (χ1v) is 4.88. The number of hydrogen-bond acceptors (Lipinski definition) is 0. The van der Waals surface area contributed by atoms with Crippen LogP contribution in [0.2, 0.25) is 0 Å². The molecule has 0 aromatic heterocycles. The molecule has 0 aromatic rings. The maximum atomic E-state index is 2.38. The van der Waals surface area contributed by atoms with E-state index in [2.05, 4.69) is 32.9 Å². The summed E-state index contributed by atoms with van der Waals surface area (Å²) in [4.78, 5) is 0. The minimum Gasteiger partial charge on any atom is -0.0917 e. The van der Waals surface area contributed by atoms with E-state index in [1.54, 1.807) is 0 Å². The van der Waals surface area contributed by atoms with E-state index in [0.717, 1.165) is 17.8 Å². The Labute approximate surface area is 70.7 Å². The summed E-state index contributed by atoms with van der Waals surface area (Å²) in [7, 11) is 0. The molecule has 0 amide bonds. The molecule has 0 spiro atoms. The first kappa shape index (κ1) is 8.83. The fourth-order valence-electron chi connectivity index (χ4n) is 1.93. The Kier molecular flexibility index (Phi) is 3.16. The molecule has 64 valence electrons. The molecule has 0 radical (unpaired) electrons. The normalized spacial score (nSPS) is 36.5. The first-order chi connectivity index (χ1) is 5.27. The summed E-state index contributed by atoms with van der Waals surface area (Å²) >= 11 is 0. The second-order valence-corrected chi connectivity index (χ2v) is 3.88. The third kappa shape index (κ3) is 2.36. The van der Waals surface area contributed by atoms with Crippen molar-refractivity contribution in [2.75, 3.05) is 0 Å². The first-order valence-electron chi connectivity index (χ1n) is 4.88. The van der Waals surface area contributed by atoms with Gasteiger partial charge in [0.2, 0.25) is 0 Å². The van der Waals surface area contributed by atoms with Gasteiger partial charge < -0.3 is 0 Å². The van der Waals surface area contributed by atoms with Gasteiger partial charge in [0.1, 0.15) is 0 Å². The molecular formula is C11H20. The lowest BCUT2D eigenvalue weighted by atomic mass is 10.1. The summed E-state index contributed by atoms with van der Waals surface area (Å²) < 4.78 is 0. The van der Waals surface area contributed by atoms with Gasteiger partial charge in [0.15, 0.2) is 0 Å². The third-order valence-corrected chi connectivity index (χ3v) is 3.18. The van der Waals surface area contributed by atoms with Crippen molar-refractivity contribution in [2.24, 2.45) is 17.8 Å². The van der Waals surface area contributed by atoms with E-state index in [1.165, 1.54) is 19.3 Å². The zero-order valence-electron chi connectivity index (χ0n) is 8.01. The molecule has 1 aliphatic carbocycles. The van der Waals surface area contributed by atoms with Crippen LogP contribution in [0.3, 0.4) is 0 Å². The maximum Gasteiger partial charge on any atom is -0.0351 e. The molecule has 0 saturated heterocycles. The number of rotatable bonds is 4. The van der Waals surface area contributed by atoms with Gasteiger partial charge >= 0.3 is 0 Å². The third-order valence-electron chi connectivity index (χ3n) is 3.18. The van der Waals surface area contributed by atoms with Crippen molar-refractivity contribution < 1.29 is 0 Å². The second kappa shape index (κ2) is 3.94. The lowest BCUT2D eigenvalue weighted by Gasteiger charge is -1.94. The number of hydrogen-bond donors (Lipinski definition) is 0. The van der Waals surface area contributed by atoms with Crippen LogP contribution in [0, 0.1) is 17.8 Å². The van der Waals surface area contributed by atoms with Gasteiger partial charge in [-0.1, -0.05) is 26.0 Å². The van der Waals surface area contributed by atoms with Gasteiger partial charge in [-0.05, 0) is 43.9 Å². The maximum absolute atomic E-state index is 2.38. The average molecular weight is 152 g/mol. The lowest BCUT2D eigenvalue weighted by Crippen LogP contribution is -1.79. The highest BCUT2D eigenvalue weighted by Crippen LogP contribution is 2.48. The molecule has 0 heteroatoms. The smallest absolute Gasteiger partial charge is 0.0351 e. The number of allylic oxidation sites excluding steroid dienone is 2. The molecule has 0 nitrogen and oxygen atoms in total. The van der Waals surface area contributed by atoms with E-state index in [4.69, 9.17) is 0 Å². The standard InChI is InChI=1S/C11H20/c1-4-5-6-7-8-11-9(2)10(11)3/h4-5,9-11H,6-8H2,1-3H3. The summed E-state index contributed by atoms with van der Waals surface area (Å²) in [5.74, 6) is 3.08. The van der Waals surface area contributed by atoms with Gasteiger partial charge in [-0.2, -0.15) is 0 Å². The summed E-state index contributed by atoms with van der Waals surface area (Å²) in [6.45, 7) is 6.86. The van der Waals surface area contributed by atoms with E-state index >= 15 is 0 Å². The zero-order chi connectivity index (χ0) is 8.27. The molecule has 0 heterocycles. The van der Waals surface area contributed by atoms with Crippen molar-refractivity contribution in [1.82, 2.24) is 0 Å². The van der Waals surface area contributed by atoms with Crippen molar-refractivity contribution >= 4 is 0 Å². The molecule has 0 bridgehead atoms. The van der Waals surface area contributed by atoms with Crippen LogP contribution < -0.4 is 0 Å². The lowest BCUT2D eigenvalue weighted by molar-refractivity contribution is 0.620. The van der Waals surface area contributed by atoms with E-state index in [1.807, 2.05) is 0 Å². The molecule has 1 fully saturated rings. The quantitative estimate of drug-likeness (QED) is 0.426. The SMILES string of the molecule is CC=CCCCC1C(C)C1C. The zero-order valence-corrected chi connectivity index (χ0v) is 8.01. The van der Waals surface area contributed by atoms with Crippen molar-refractivity contribution in [1.29, 1.82) is 0 Å². The van der Waals surface area contributed by atoms with Gasteiger partial charge in [0.25, 0.3) is 0 Å². The Morgan fingerprint density at radius 1 is 1.18 bits per heavy atom. The Morgan fingerprint density at radius 3 is 2.27 bits per heavy atom. The minimum atomic E-state index is 1.01. The van der Waals surface area contributed by atoms with Crippen molar-refractivity contribution in [3.05, 3.63) is 12.2 Å². The fourth-order valence-corrected chi connectivity index (χ4v) is 1.93. The molecule has 0 N–H and O–H groups in total. The highest BCUT2D eigenvalue weighted by atomic mass is 14.5. The molecule has 0 aromatic carbocycles. The molecule has 11 heavy (non-hydrogen) atoms. The van der Waals surface area contributed by atoms with E-state index in [-0.39, 0.29) is 0 Å². The molecule has 0 aliphatic heterocycles. The highest BCUT2D eigenvalue weighted by molar-refractivity contribution is 4.91. The van der Waals surface area contributed by atoms with Crippen LogP contribution >= 0.6 is 0 Å². The van der Waals surface area contributed by atoms with Crippen molar-refractivity contribution in [3.63, 3.8) is 0 Å². The molecule has 1 aliphatic rings. The van der Waals surface area contributed by atoms with Gasteiger partial charge in [0.05, 0.1) is 0 Å². The van der Waals surface area contributed by atoms with Crippen LogP contribution in [-0.2, 0) is 0 Å². The molecule has 1 rings (SSSR count). The summed E-state index contributed by atoms with van der Waals surface area (Å²) in [6, 6.07) is 0. The van der Waals surface area contributed by atoms with Gasteiger partial charge in [-0.3, -0.25) is 0 Å². The molecule has 1 saturated carbocycles. The summed E-state index contributed by atoms with van der Waals surface area (Å²) in [6.07, 6.45) is 8.56. The van der Waals surface area contributed by atoms with Crippen molar-refractivity contribution in [2.45, 2.75) is 40.0 Å². The fraction of sp³-hybridized carbons (Fsp3) is 0.818. The molecular weight excluding hydrogens is 132 g/mol. The Bertz CT molecular complexity index is 127. The minimum absolute atomic E-state index is 1.01. The summed E-state index contributed by atoms with van der Waals surface area (Å²) in [5.41, 5.74) is 0. The van der Waals surface area contributed by atoms with Crippen LogP contribution in [0.5, 0.6) is 0 Å². The van der Waals surface area contributed by atoms with Gasteiger partial charge in [-0.15, -0.1) is 0 Å². The van der Waals surface area contributed by atoms with Crippen molar-refractivity contribution in [3.8, 4) is 0 Å². The highest BCUT2D eigenvalue weighted by Gasteiger charge is 2.41. The molecule has 2 atom stereocenters. The Hall–Kier alpha value is -0.260. The largest absolute Gasteiger partial charge is 0.0917 e. The topological polar surface area (TPSA) is 0 Å². The average Bonchev–Trinajstić information content (AvgIpc) is 2.55. The second-order valence-electron chi connectivity index (χ2n) is 3.88. The van der Waals surface area contributed by atoms with E-state index in [0.29, 0.717) is 0 Å². The predicted octanol–water partition coefficient (Wildman–Crippen LogP) is 3.63. The van der Waals surface area contributed by atoms with Crippen LogP contribution in [-0.4, -0.2) is 0 Å². The van der Waals surface area contributed by atoms with Crippen LogP contribution in [0.25, 0.3) is 0 Å². The van der Waals surface area contributed by atoms with Gasteiger partial charge in [-0.25, -0.2) is 0 Å². The van der Waals surface area contributed by atoms with E-state index < -0.39 is 0 Å².